The van der Waals surface area contributed by atoms with Crippen molar-refractivity contribution in [2.24, 2.45) is 0 Å². The van der Waals surface area contributed by atoms with Gasteiger partial charge in [-0.25, -0.2) is 5.10 Å². The van der Waals surface area contributed by atoms with Crippen molar-refractivity contribution >= 4 is 15.9 Å². The fourth-order valence-corrected chi connectivity index (χ4v) is 2.11. The smallest absolute Gasteiger partial charge is 0.268 e. The molecule has 0 amide bonds. The van der Waals surface area contributed by atoms with Crippen molar-refractivity contribution < 1.29 is 0 Å². The van der Waals surface area contributed by atoms with Crippen LogP contribution in [0.15, 0.2) is 29.1 Å². The Labute approximate surface area is 108 Å². The van der Waals surface area contributed by atoms with Gasteiger partial charge in [0.25, 0.3) is 5.56 Å². The van der Waals surface area contributed by atoms with E-state index in [0.717, 1.165) is 16.8 Å². The number of hydrogen-bond acceptors (Lipinski definition) is 2. The number of halogens is 1. The highest BCUT2D eigenvalue weighted by molar-refractivity contribution is 9.08. The van der Waals surface area contributed by atoms with E-state index in [2.05, 4.69) is 44.3 Å². The summed E-state index contributed by atoms with van der Waals surface area (Å²) in [6, 6.07) is 8.03. The van der Waals surface area contributed by atoms with Crippen molar-refractivity contribution in [3.8, 4) is 11.3 Å². The second-order valence-electron chi connectivity index (χ2n) is 4.06. The molecule has 1 aromatic carbocycles. The van der Waals surface area contributed by atoms with Gasteiger partial charge in [0.1, 0.15) is 0 Å². The maximum absolute atomic E-state index is 11.4. The molecule has 2 aromatic rings. The summed E-state index contributed by atoms with van der Waals surface area (Å²) in [5.41, 5.74) is 4.74. The number of hydrogen-bond donors (Lipinski definition) is 1. The number of rotatable bonds is 2. The van der Waals surface area contributed by atoms with Gasteiger partial charge in [-0.05, 0) is 31.5 Å². The molecule has 2 rings (SSSR count). The molecule has 1 N–H and O–H groups in total. The SMILES string of the molecule is Cc1ccc(C)c(-c2cc(CBr)c(=O)[nH]n2)c1. The first kappa shape index (κ1) is 12.0. The molecule has 0 radical (unpaired) electrons. The lowest BCUT2D eigenvalue weighted by Crippen LogP contribution is -2.13. The van der Waals surface area contributed by atoms with E-state index in [9.17, 15) is 4.79 Å². The molecule has 0 aliphatic heterocycles. The van der Waals surface area contributed by atoms with Crippen LogP contribution in [-0.2, 0) is 5.33 Å². The number of benzene rings is 1. The number of alkyl halides is 1. The minimum Gasteiger partial charge on any atom is -0.268 e. The lowest BCUT2D eigenvalue weighted by Gasteiger charge is -2.06. The number of nitrogens with one attached hydrogen (secondary N) is 1. The lowest BCUT2D eigenvalue weighted by atomic mass is 10.0. The van der Waals surface area contributed by atoms with Crippen LogP contribution in [0.2, 0.25) is 0 Å². The topological polar surface area (TPSA) is 45.8 Å². The summed E-state index contributed by atoms with van der Waals surface area (Å²) in [7, 11) is 0. The van der Waals surface area contributed by atoms with Crippen LogP contribution < -0.4 is 5.56 Å². The second kappa shape index (κ2) is 4.84. The van der Waals surface area contributed by atoms with Crippen LogP contribution in [0.5, 0.6) is 0 Å². The van der Waals surface area contributed by atoms with Gasteiger partial charge >= 0.3 is 0 Å². The van der Waals surface area contributed by atoms with Crippen LogP contribution in [-0.4, -0.2) is 10.2 Å². The Morgan fingerprint density at radius 2 is 2.06 bits per heavy atom. The predicted octanol–water partition coefficient (Wildman–Crippen LogP) is 2.95. The number of aromatic amines is 1. The van der Waals surface area contributed by atoms with Crippen LogP contribution >= 0.6 is 15.9 Å². The van der Waals surface area contributed by atoms with Crippen molar-refractivity contribution in [3.63, 3.8) is 0 Å². The predicted molar refractivity (Wildman–Crippen MR) is 72.4 cm³/mol. The highest BCUT2D eigenvalue weighted by Crippen LogP contribution is 2.22. The summed E-state index contributed by atoms with van der Waals surface area (Å²) in [5, 5.41) is 7.16. The quantitative estimate of drug-likeness (QED) is 0.865. The second-order valence-corrected chi connectivity index (χ2v) is 4.62. The van der Waals surface area contributed by atoms with E-state index in [-0.39, 0.29) is 5.56 Å². The summed E-state index contributed by atoms with van der Waals surface area (Å²) in [6.45, 7) is 4.08. The normalized spacial score (nSPS) is 10.5. The molecule has 0 spiro atoms. The molecule has 0 saturated carbocycles. The van der Waals surface area contributed by atoms with Crippen molar-refractivity contribution in [2.75, 3.05) is 0 Å². The van der Waals surface area contributed by atoms with Crippen LogP contribution in [0.4, 0.5) is 0 Å². The lowest BCUT2D eigenvalue weighted by molar-refractivity contribution is 0.972. The molecular formula is C13H13BrN2O. The average Bonchev–Trinajstić information content (AvgIpc) is 2.33. The van der Waals surface area contributed by atoms with Gasteiger partial charge in [-0.15, -0.1) is 0 Å². The van der Waals surface area contributed by atoms with Crippen molar-refractivity contribution in [1.29, 1.82) is 0 Å². The van der Waals surface area contributed by atoms with Gasteiger partial charge in [-0.1, -0.05) is 33.6 Å². The van der Waals surface area contributed by atoms with Crippen LogP contribution in [0, 0.1) is 13.8 Å². The standard InChI is InChI=1S/C13H13BrN2O/c1-8-3-4-9(2)11(5-8)12-6-10(7-14)13(17)16-15-12/h3-6H,7H2,1-2H3,(H,16,17). The summed E-state index contributed by atoms with van der Waals surface area (Å²) in [6.07, 6.45) is 0. The maximum atomic E-state index is 11.4. The summed E-state index contributed by atoms with van der Waals surface area (Å²) in [5.74, 6) is 0. The molecule has 3 nitrogen and oxygen atoms in total. The number of nitrogens with zero attached hydrogens (tertiary/aromatic N) is 1. The Kier molecular flexibility index (Phi) is 3.43. The molecule has 0 bridgehead atoms. The zero-order chi connectivity index (χ0) is 12.4. The molecule has 0 aliphatic rings. The molecular weight excluding hydrogens is 280 g/mol. The summed E-state index contributed by atoms with van der Waals surface area (Å²) in [4.78, 5) is 11.4. The highest BCUT2D eigenvalue weighted by Gasteiger charge is 2.07. The van der Waals surface area contributed by atoms with Gasteiger partial charge < -0.3 is 0 Å². The minimum absolute atomic E-state index is 0.143. The zero-order valence-electron chi connectivity index (χ0n) is 9.75. The van der Waals surface area contributed by atoms with Crippen LogP contribution in [0.3, 0.4) is 0 Å². The number of aromatic nitrogens is 2. The first-order chi connectivity index (χ1) is 8.11. The molecule has 0 unspecified atom stereocenters. The zero-order valence-corrected chi connectivity index (χ0v) is 11.3. The molecule has 17 heavy (non-hydrogen) atoms. The molecule has 0 saturated heterocycles. The van der Waals surface area contributed by atoms with Gasteiger partial charge in [0.05, 0.1) is 5.69 Å². The third-order valence-electron chi connectivity index (χ3n) is 2.69. The van der Waals surface area contributed by atoms with E-state index in [4.69, 9.17) is 0 Å². The number of aryl methyl sites for hydroxylation is 2. The van der Waals surface area contributed by atoms with E-state index >= 15 is 0 Å². The molecule has 0 aliphatic carbocycles. The van der Waals surface area contributed by atoms with Crippen LogP contribution in [0.25, 0.3) is 11.3 Å². The summed E-state index contributed by atoms with van der Waals surface area (Å²) >= 11 is 3.30. The van der Waals surface area contributed by atoms with Crippen molar-refractivity contribution in [3.05, 3.63) is 51.3 Å². The van der Waals surface area contributed by atoms with Gasteiger partial charge in [0, 0.05) is 16.5 Å². The third-order valence-corrected chi connectivity index (χ3v) is 3.30. The van der Waals surface area contributed by atoms with E-state index in [0.29, 0.717) is 10.9 Å². The molecule has 0 atom stereocenters. The monoisotopic (exact) mass is 292 g/mol. The van der Waals surface area contributed by atoms with Gasteiger partial charge in [-0.3, -0.25) is 4.79 Å². The Hall–Kier alpha value is -1.42. The molecule has 0 fully saturated rings. The minimum atomic E-state index is -0.143. The van der Waals surface area contributed by atoms with E-state index in [1.807, 2.05) is 19.9 Å². The first-order valence-electron chi connectivity index (χ1n) is 5.34. The van der Waals surface area contributed by atoms with Crippen molar-refractivity contribution in [2.45, 2.75) is 19.2 Å². The Morgan fingerprint density at radius 3 is 2.76 bits per heavy atom. The van der Waals surface area contributed by atoms with Crippen molar-refractivity contribution in [1.82, 2.24) is 10.2 Å². The third kappa shape index (κ3) is 2.47. The van der Waals surface area contributed by atoms with E-state index in [1.54, 1.807) is 0 Å². The molecule has 88 valence electrons. The van der Waals surface area contributed by atoms with Gasteiger partial charge in [0.15, 0.2) is 0 Å². The molecule has 1 heterocycles. The fourth-order valence-electron chi connectivity index (χ4n) is 1.69. The average molecular weight is 293 g/mol. The summed E-state index contributed by atoms with van der Waals surface area (Å²) < 4.78 is 0. The number of H-pyrrole nitrogens is 1. The van der Waals surface area contributed by atoms with E-state index < -0.39 is 0 Å². The fraction of sp³-hybridized carbons (Fsp3) is 0.231. The van der Waals surface area contributed by atoms with Gasteiger partial charge in [0.2, 0.25) is 0 Å². The van der Waals surface area contributed by atoms with E-state index in [1.165, 1.54) is 5.56 Å². The van der Waals surface area contributed by atoms with Crippen LogP contribution in [0.1, 0.15) is 16.7 Å². The largest absolute Gasteiger partial charge is 0.268 e. The first-order valence-corrected chi connectivity index (χ1v) is 6.46. The Morgan fingerprint density at radius 1 is 1.29 bits per heavy atom. The molecule has 4 heteroatoms. The molecule has 1 aromatic heterocycles. The highest BCUT2D eigenvalue weighted by atomic mass is 79.9. The van der Waals surface area contributed by atoms with Gasteiger partial charge in [-0.2, -0.15) is 5.10 Å². The maximum Gasteiger partial charge on any atom is 0.268 e. The Balaban J connectivity index is 2.60. The Bertz CT molecular complexity index is 605.